The van der Waals surface area contributed by atoms with Crippen molar-refractivity contribution in [2.75, 3.05) is 7.11 Å². The summed E-state index contributed by atoms with van der Waals surface area (Å²) in [6, 6.07) is 0. The molecule has 0 atom stereocenters. The minimum absolute atomic E-state index is 0.0552. The maximum absolute atomic E-state index is 14.3. The monoisotopic (exact) mass is 339 g/mol. The summed E-state index contributed by atoms with van der Waals surface area (Å²) in [5.74, 6) is -4.37. The van der Waals surface area contributed by atoms with E-state index in [9.17, 15) is 28.6 Å². The molecule has 1 fully saturated rings. The molecule has 1 aliphatic carbocycles. The molecule has 8 heteroatoms. The lowest BCUT2D eigenvalue weighted by Gasteiger charge is -2.19. The Labute approximate surface area is 134 Å². The Morgan fingerprint density at radius 3 is 2.42 bits per heavy atom. The summed E-state index contributed by atoms with van der Waals surface area (Å²) in [6.45, 7) is 1.50. The number of halogens is 2. The van der Waals surface area contributed by atoms with E-state index in [1.807, 2.05) is 0 Å². The van der Waals surface area contributed by atoms with Crippen LogP contribution in [-0.2, 0) is 6.42 Å². The maximum atomic E-state index is 14.3. The molecule has 0 amide bonds. The van der Waals surface area contributed by atoms with Crippen molar-refractivity contribution in [3.05, 3.63) is 33.1 Å². The van der Waals surface area contributed by atoms with E-state index in [-0.39, 0.29) is 34.5 Å². The van der Waals surface area contributed by atoms with Gasteiger partial charge in [-0.15, -0.1) is 0 Å². The molecule has 1 aromatic carbocycles. The second-order valence-corrected chi connectivity index (χ2v) is 5.67. The van der Waals surface area contributed by atoms with Gasteiger partial charge in [-0.25, -0.2) is 13.8 Å². The minimum Gasteiger partial charge on any atom is -0.503 e. The average Bonchev–Trinajstić information content (AvgIpc) is 3.37. The van der Waals surface area contributed by atoms with Crippen LogP contribution >= 0.6 is 0 Å². The first-order chi connectivity index (χ1) is 11.3. The minimum atomic E-state index is -1.51. The summed E-state index contributed by atoms with van der Waals surface area (Å²) in [7, 11) is 1.06. The van der Waals surface area contributed by atoms with Gasteiger partial charge in [0.25, 0.3) is 0 Å². The highest BCUT2D eigenvalue weighted by atomic mass is 19.2. The first-order valence-electron chi connectivity index (χ1n) is 7.43. The average molecular weight is 339 g/mol. The summed E-state index contributed by atoms with van der Waals surface area (Å²) >= 11 is 0. The van der Waals surface area contributed by atoms with Crippen LogP contribution in [0.1, 0.15) is 36.9 Å². The molecular weight excluding hydrogens is 324 g/mol. The van der Waals surface area contributed by atoms with Crippen molar-refractivity contribution in [2.45, 2.75) is 32.1 Å². The lowest BCUT2D eigenvalue weighted by Crippen LogP contribution is -2.22. The van der Waals surface area contributed by atoms with E-state index >= 15 is 0 Å². The zero-order chi connectivity index (χ0) is 17.8. The van der Waals surface area contributed by atoms with Gasteiger partial charge in [0.1, 0.15) is 5.52 Å². The molecule has 0 unspecified atom stereocenters. The van der Waals surface area contributed by atoms with Crippen molar-refractivity contribution >= 4 is 17.0 Å². The van der Waals surface area contributed by atoms with Gasteiger partial charge in [-0.1, -0.05) is 6.92 Å². The molecule has 1 aliphatic rings. The van der Waals surface area contributed by atoms with Crippen molar-refractivity contribution in [1.29, 1.82) is 0 Å². The van der Waals surface area contributed by atoms with Crippen LogP contribution in [0, 0.1) is 11.6 Å². The third kappa shape index (κ3) is 2.05. The molecule has 0 spiro atoms. The number of aromatic nitrogens is 1. The Morgan fingerprint density at radius 2 is 1.96 bits per heavy atom. The van der Waals surface area contributed by atoms with E-state index < -0.39 is 34.7 Å². The van der Waals surface area contributed by atoms with Crippen LogP contribution in [0.5, 0.6) is 11.5 Å². The largest absolute Gasteiger partial charge is 0.503 e. The lowest BCUT2D eigenvalue weighted by molar-refractivity contribution is 0.195. The van der Waals surface area contributed by atoms with Gasteiger partial charge in [0, 0.05) is 11.5 Å². The second-order valence-electron chi connectivity index (χ2n) is 5.67. The Morgan fingerprint density at radius 1 is 1.33 bits per heavy atom. The van der Waals surface area contributed by atoms with Crippen molar-refractivity contribution in [1.82, 2.24) is 4.57 Å². The molecule has 2 N–H and O–H groups in total. The van der Waals surface area contributed by atoms with Crippen LogP contribution in [0.15, 0.2) is 4.79 Å². The van der Waals surface area contributed by atoms with E-state index in [0.29, 0.717) is 17.4 Å². The number of nitrogens with zero attached hydrogens (tertiary/aromatic N) is 1. The summed E-state index contributed by atoms with van der Waals surface area (Å²) in [5.41, 5.74) is -1.68. The number of methoxy groups -OCH3 is 1. The van der Waals surface area contributed by atoms with E-state index in [0.717, 1.165) is 7.11 Å². The Hall–Kier alpha value is -2.64. The van der Waals surface area contributed by atoms with E-state index in [2.05, 4.69) is 0 Å². The highest BCUT2D eigenvalue weighted by Crippen LogP contribution is 2.45. The normalized spacial score (nSPS) is 14.2. The SMILES string of the molecule is CCc1c(F)c(F)c(OC)c2c1c(=O)c(O)c(C1CC1)n2C(=O)O. The number of fused-ring (bicyclic) bond motifs is 1. The summed E-state index contributed by atoms with van der Waals surface area (Å²) in [5, 5.41) is 19.4. The zero-order valence-corrected chi connectivity index (χ0v) is 13.0. The van der Waals surface area contributed by atoms with Crippen LogP contribution in [-0.4, -0.2) is 28.0 Å². The maximum Gasteiger partial charge on any atom is 0.416 e. The summed E-state index contributed by atoms with van der Waals surface area (Å²) in [6.07, 6.45) is -0.375. The number of rotatable bonds is 3. The summed E-state index contributed by atoms with van der Waals surface area (Å²) in [4.78, 5) is 24.3. The number of pyridine rings is 1. The molecule has 3 rings (SSSR count). The van der Waals surface area contributed by atoms with E-state index in [1.54, 1.807) is 0 Å². The number of benzene rings is 1. The second kappa shape index (κ2) is 5.47. The van der Waals surface area contributed by atoms with E-state index in [4.69, 9.17) is 4.74 Å². The molecule has 24 heavy (non-hydrogen) atoms. The Bertz CT molecular complexity index is 931. The highest BCUT2D eigenvalue weighted by molar-refractivity contribution is 5.96. The van der Waals surface area contributed by atoms with Gasteiger partial charge in [-0.3, -0.25) is 4.79 Å². The third-order valence-corrected chi connectivity index (χ3v) is 4.27. The fourth-order valence-electron chi connectivity index (χ4n) is 3.07. The lowest BCUT2D eigenvalue weighted by atomic mass is 10.0. The van der Waals surface area contributed by atoms with Crippen LogP contribution in [0.25, 0.3) is 10.9 Å². The van der Waals surface area contributed by atoms with Crippen LogP contribution in [0.3, 0.4) is 0 Å². The van der Waals surface area contributed by atoms with Gasteiger partial charge in [0.05, 0.1) is 18.2 Å². The van der Waals surface area contributed by atoms with E-state index in [1.165, 1.54) is 6.92 Å². The standard InChI is InChI=1S/C16H15F2NO5/c1-3-7-8-12(15(24-2)10(18)9(7)17)19(16(22)23)11(6-4-5-6)14(21)13(8)20/h6,21H,3-5H2,1-2H3,(H,22,23). The molecule has 0 bridgehead atoms. The number of carboxylic acid groups (broad SMARTS) is 1. The number of aromatic hydroxyl groups is 1. The highest BCUT2D eigenvalue weighted by Gasteiger charge is 2.36. The van der Waals surface area contributed by atoms with Crippen LogP contribution < -0.4 is 10.2 Å². The molecular formula is C16H15F2NO5. The van der Waals surface area contributed by atoms with Crippen molar-refractivity contribution in [3.63, 3.8) is 0 Å². The van der Waals surface area contributed by atoms with Gasteiger partial charge >= 0.3 is 6.09 Å². The Balaban J connectivity index is 2.68. The van der Waals surface area contributed by atoms with Crippen molar-refractivity contribution < 1.29 is 28.5 Å². The van der Waals surface area contributed by atoms with Crippen LogP contribution in [0.4, 0.5) is 13.6 Å². The number of aryl methyl sites for hydroxylation is 1. The smallest absolute Gasteiger partial charge is 0.416 e. The van der Waals surface area contributed by atoms with Crippen molar-refractivity contribution in [3.8, 4) is 11.5 Å². The molecule has 0 aliphatic heterocycles. The van der Waals surface area contributed by atoms with Gasteiger partial charge in [-0.2, -0.15) is 4.39 Å². The van der Waals surface area contributed by atoms with Gasteiger partial charge < -0.3 is 14.9 Å². The topological polar surface area (TPSA) is 88.8 Å². The third-order valence-electron chi connectivity index (χ3n) is 4.27. The van der Waals surface area contributed by atoms with Crippen LogP contribution in [0.2, 0.25) is 0 Å². The predicted molar refractivity (Wildman–Crippen MR) is 81.1 cm³/mol. The molecule has 2 aromatic rings. The molecule has 128 valence electrons. The molecule has 0 saturated heterocycles. The molecule has 1 heterocycles. The summed E-state index contributed by atoms with van der Waals surface area (Å²) < 4.78 is 34.1. The quantitative estimate of drug-likeness (QED) is 0.897. The van der Waals surface area contributed by atoms with Crippen molar-refractivity contribution in [2.24, 2.45) is 0 Å². The fourth-order valence-corrected chi connectivity index (χ4v) is 3.07. The number of hydrogen-bond donors (Lipinski definition) is 2. The fraction of sp³-hybridized carbons (Fsp3) is 0.375. The molecule has 6 nitrogen and oxygen atoms in total. The molecule has 1 saturated carbocycles. The van der Waals surface area contributed by atoms with Gasteiger partial charge in [0.2, 0.25) is 11.2 Å². The molecule has 0 radical (unpaired) electrons. The first-order valence-corrected chi connectivity index (χ1v) is 7.43. The first kappa shape index (κ1) is 16.2. The number of carbonyl (C=O) groups is 1. The zero-order valence-electron chi connectivity index (χ0n) is 13.0. The number of ether oxygens (including phenoxy) is 1. The van der Waals surface area contributed by atoms with Gasteiger partial charge in [0.15, 0.2) is 17.3 Å². The van der Waals surface area contributed by atoms with Gasteiger partial charge in [-0.05, 0) is 19.3 Å². The molecule has 1 aromatic heterocycles. The predicted octanol–water partition coefficient (Wildman–Crippen LogP) is 2.96. The number of hydrogen-bond acceptors (Lipinski definition) is 4. The Kier molecular flexibility index (Phi) is 3.70.